The van der Waals surface area contributed by atoms with E-state index in [1.807, 2.05) is 13.0 Å². The number of hydrogen-bond donors (Lipinski definition) is 2. The number of imide groups is 1. The van der Waals surface area contributed by atoms with Crippen LogP contribution in [0, 0.1) is 5.92 Å². The highest BCUT2D eigenvalue weighted by Crippen LogP contribution is 2.42. The van der Waals surface area contributed by atoms with Crippen LogP contribution in [0.4, 0.5) is 4.79 Å². The summed E-state index contributed by atoms with van der Waals surface area (Å²) in [7, 11) is 0. The molecule has 126 valence electrons. The van der Waals surface area contributed by atoms with Crippen molar-refractivity contribution in [2.45, 2.75) is 31.7 Å². The molecule has 2 heterocycles. The van der Waals surface area contributed by atoms with Crippen molar-refractivity contribution in [2.24, 2.45) is 5.92 Å². The lowest BCUT2D eigenvalue weighted by atomic mass is 9.96. The first kappa shape index (κ1) is 15.4. The van der Waals surface area contributed by atoms with Gasteiger partial charge in [0.2, 0.25) is 0 Å². The molecule has 1 unspecified atom stereocenters. The molecule has 5 nitrogen and oxygen atoms in total. The summed E-state index contributed by atoms with van der Waals surface area (Å²) in [5.74, 6) is 0.278. The summed E-state index contributed by atoms with van der Waals surface area (Å²) < 4.78 is 0. The average molecular weight is 326 g/mol. The monoisotopic (exact) mass is 326 g/mol. The van der Waals surface area contributed by atoms with Crippen LogP contribution in [0.15, 0.2) is 36.4 Å². The molecule has 2 atom stereocenters. The number of quaternary nitrogens is 1. The Bertz CT molecular complexity index is 696. The van der Waals surface area contributed by atoms with Crippen LogP contribution in [0.2, 0.25) is 0 Å². The third-order valence-corrected chi connectivity index (χ3v) is 5.61. The molecular weight excluding hydrogens is 302 g/mol. The highest BCUT2D eigenvalue weighted by atomic mass is 16.2. The van der Waals surface area contributed by atoms with Crippen LogP contribution in [0.3, 0.4) is 0 Å². The van der Waals surface area contributed by atoms with Gasteiger partial charge in [0, 0.05) is 6.42 Å². The second kappa shape index (κ2) is 5.74. The summed E-state index contributed by atoms with van der Waals surface area (Å²) in [6.45, 7) is 4.13. The molecule has 1 aromatic carbocycles. The Morgan fingerprint density at radius 3 is 2.62 bits per heavy atom. The van der Waals surface area contributed by atoms with E-state index in [1.54, 1.807) is 0 Å². The first-order valence-electron chi connectivity index (χ1n) is 8.80. The van der Waals surface area contributed by atoms with E-state index in [9.17, 15) is 9.59 Å². The number of rotatable bonds is 4. The highest BCUT2D eigenvalue weighted by molar-refractivity contribution is 6.07. The van der Waals surface area contributed by atoms with Gasteiger partial charge in [0.05, 0.1) is 13.1 Å². The number of carbonyl (C=O) groups excluding carboxylic acids is 2. The first-order valence-corrected chi connectivity index (χ1v) is 8.80. The lowest BCUT2D eigenvalue weighted by Gasteiger charge is -2.27. The molecule has 1 aliphatic carbocycles. The molecule has 2 aliphatic heterocycles. The molecule has 5 heteroatoms. The van der Waals surface area contributed by atoms with Crippen molar-refractivity contribution in [3.8, 4) is 0 Å². The minimum atomic E-state index is -0.669. The van der Waals surface area contributed by atoms with Crippen molar-refractivity contribution in [1.29, 1.82) is 0 Å². The molecule has 2 N–H and O–H groups in total. The van der Waals surface area contributed by atoms with E-state index in [0.29, 0.717) is 12.6 Å². The third-order valence-electron chi connectivity index (χ3n) is 5.61. The predicted octanol–water partition coefficient (Wildman–Crippen LogP) is 1.04. The summed E-state index contributed by atoms with van der Waals surface area (Å²) in [6.07, 6.45) is 5.29. The zero-order valence-electron chi connectivity index (χ0n) is 14.0. The molecule has 24 heavy (non-hydrogen) atoms. The van der Waals surface area contributed by atoms with Gasteiger partial charge >= 0.3 is 6.03 Å². The van der Waals surface area contributed by atoms with E-state index < -0.39 is 5.54 Å². The van der Waals surface area contributed by atoms with Crippen LogP contribution >= 0.6 is 0 Å². The van der Waals surface area contributed by atoms with E-state index in [1.165, 1.54) is 20.9 Å². The maximum atomic E-state index is 12.7. The summed E-state index contributed by atoms with van der Waals surface area (Å²) in [5.41, 5.74) is 1.96. The van der Waals surface area contributed by atoms with Crippen molar-refractivity contribution in [3.63, 3.8) is 0 Å². The lowest BCUT2D eigenvalue weighted by molar-refractivity contribution is -0.902. The number of carbonyl (C=O) groups is 2. The lowest BCUT2D eigenvalue weighted by Crippen LogP contribution is -3.14. The van der Waals surface area contributed by atoms with Gasteiger partial charge in [-0.2, -0.15) is 0 Å². The van der Waals surface area contributed by atoms with Gasteiger partial charge in [-0.15, -0.1) is 0 Å². The van der Waals surface area contributed by atoms with E-state index in [4.69, 9.17) is 0 Å². The van der Waals surface area contributed by atoms with Crippen molar-refractivity contribution in [2.75, 3.05) is 19.8 Å². The molecule has 0 spiro atoms. The third kappa shape index (κ3) is 2.63. The number of amides is 3. The molecule has 3 aliphatic rings. The van der Waals surface area contributed by atoms with Gasteiger partial charge in [0.15, 0.2) is 6.67 Å². The first-order chi connectivity index (χ1) is 11.6. The maximum absolute atomic E-state index is 12.7. The predicted molar refractivity (Wildman–Crippen MR) is 91.1 cm³/mol. The minimum absolute atomic E-state index is 0.0414. The Morgan fingerprint density at radius 2 is 2.00 bits per heavy atom. The zero-order valence-corrected chi connectivity index (χ0v) is 14.0. The molecule has 0 radical (unpaired) electrons. The Hall–Kier alpha value is -2.14. The van der Waals surface area contributed by atoms with Gasteiger partial charge in [-0.25, -0.2) is 9.69 Å². The topological polar surface area (TPSA) is 53.9 Å². The molecule has 0 bridgehead atoms. The Balaban J connectivity index is 1.41. The molecule has 0 aromatic heterocycles. The fourth-order valence-corrected chi connectivity index (χ4v) is 3.86. The minimum Gasteiger partial charge on any atom is -0.323 e. The van der Waals surface area contributed by atoms with Crippen molar-refractivity contribution in [3.05, 3.63) is 42.0 Å². The van der Waals surface area contributed by atoms with Gasteiger partial charge in [0.25, 0.3) is 5.91 Å². The fraction of sp³-hybridized carbons (Fsp3) is 0.474. The quantitative estimate of drug-likeness (QED) is 0.812. The smallest absolute Gasteiger partial charge is 0.323 e. The normalized spacial score (nSPS) is 30.3. The number of urea groups is 1. The van der Waals surface area contributed by atoms with Gasteiger partial charge in [-0.1, -0.05) is 30.3 Å². The van der Waals surface area contributed by atoms with Gasteiger partial charge in [-0.3, -0.25) is 4.79 Å². The van der Waals surface area contributed by atoms with Crippen LogP contribution in [-0.4, -0.2) is 42.1 Å². The van der Waals surface area contributed by atoms with Gasteiger partial charge in [-0.05, 0) is 42.9 Å². The average Bonchev–Trinajstić information content (AvgIpc) is 3.43. The molecule has 1 aromatic rings. The van der Waals surface area contributed by atoms with Crippen molar-refractivity contribution >= 4 is 17.5 Å². The molecular formula is C19H24N3O2+. The van der Waals surface area contributed by atoms with Crippen molar-refractivity contribution < 1.29 is 14.5 Å². The molecule has 1 saturated heterocycles. The summed E-state index contributed by atoms with van der Waals surface area (Å²) in [6, 6.07) is 10.2. The molecule has 4 rings (SSSR count). The van der Waals surface area contributed by atoms with Gasteiger partial charge in [0.1, 0.15) is 5.54 Å². The largest absolute Gasteiger partial charge is 0.329 e. The maximum Gasteiger partial charge on any atom is 0.329 e. The van der Waals surface area contributed by atoms with E-state index >= 15 is 0 Å². The molecule has 2 fully saturated rings. The Labute approximate surface area is 142 Å². The second-order valence-corrected chi connectivity index (χ2v) is 7.35. The van der Waals surface area contributed by atoms with Crippen LogP contribution in [0.1, 0.15) is 31.7 Å². The number of hydrogen-bond acceptors (Lipinski definition) is 2. The second-order valence-electron chi connectivity index (χ2n) is 7.35. The van der Waals surface area contributed by atoms with Crippen LogP contribution < -0.4 is 10.2 Å². The summed E-state index contributed by atoms with van der Waals surface area (Å²) >= 11 is 0. The molecule has 3 amide bonds. The number of nitrogens with zero attached hydrogens (tertiary/aromatic N) is 1. The summed E-state index contributed by atoms with van der Waals surface area (Å²) in [4.78, 5) is 27.6. The van der Waals surface area contributed by atoms with Crippen molar-refractivity contribution in [1.82, 2.24) is 10.2 Å². The van der Waals surface area contributed by atoms with E-state index in [0.717, 1.165) is 32.4 Å². The van der Waals surface area contributed by atoms with Crippen LogP contribution in [-0.2, 0) is 4.79 Å². The highest BCUT2D eigenvalue weighted by Gasteiger charge is 2.56. The van der Waals surface area contributed by atoms with Crippen LogP contribution in [0.25, 0.3) is 5.57 Å². The Morgan fingerprint density at radius 1 is 1.25 bits per heavy atom. The van der Waals surface area contributed by atoms with E-state index in [-0.39, 0.29) is 11.9 Å². The standard InChI is InChI=1S/C19H23N3O2/c1-19(16-7-8-16)17(23)22(18(24)20-19)13-21-11-9-15(10-12-21)14-5-3-2-4-6-14/h2-6,9,16H,7-8,10-13H2,1H3,(H,20,24)/p+1/t19-/m0/s1. The fourth-order valence-electron chi connectivity index (χ4n) is 3.86. The van der Waals surface area contributed by atoms with Crippen LogP contribution in [0.5, 0.6) is 0 Å². The zero-order chi connectivity index (χ0) is 16.7. The summed E-state index contributed by atoms with van der Waals surface area (Å²) in [5, 5.41) is 2.92. The van der Waals surface area contributed by atoms with Gasteiger partial charge < -0.3 is 10.2 Å². The SMILES string of the molecule is C[C@@]1(C2CC2)NC(=O)N(C[NH+]2CC=C(c3ccccc3)CC2)C1=O. The number of benzene rings is 1. The number of nitrogens with one attached hydrogen (secondary N) is 2. The molecule has 1 saturated carbocycles. The Kier molecular flexibility index (Phi) is 3.68. The van der Waals surface area contributed by atoms with E-state index in [2.05, 4.69) is 35.7 Å².